The van der Waals surface area contributed by atoms with Gasteiger partial charge in [-0.25, -0.2) is 0 Å². The van der Waals surface area contributed by atoms with Crippen molar-refractivity contribution in [3.63, 3.8) is 0 Å². The van der Waals surface area contributed by atoms with Crippen molar-refractivity contribution >= 4 is 17.5 Å². The van der Waals surface area contributed by atoms with Gasteiger partial charge in [0.15, 0.2) is 18.1 Å². The molecule has 1 heterocycles. The number of rotatable bonds is 10. The molecule has 184 valence electrons. The predicted molar refractivity (Wildman–Crippen MR) is 123 cm³/mol. The predicted octanol–water partition coefficient (Wildman–Crippen LogP) is 4.53. The average Bonchev–Trinajstić information content (AvgIpc) is 2.85. The van der Waals surface area contributed by atoms with E-state index in [0.717, 1.165) is 11.1 Å². The monoisotopic (exact) mass is 487 g/mol. The van der Waals surface area contributed by atoms with Crippen LogP contribution in [0, 0.1) is 0 Å². The molecule has 0 saturated heterocycles. The molecular weight excluding hydrogens is 463 g/mol. The fraction of sp³-hybridized carbons (Fsp3) is 0.240. The Morgan fingerprint density at radius 1 is 0.971 bits per heavy atom. The highest BCUT2D eigenvalue weighted by Gasteiger charge is 2.29. The molecular formula is C25H24F3N3O4. The molecule has 0 atom stereocenters. The van der Waals surface area contributed by atoms with Crippen LogP contribution in [-0.2, 0) is 17.8 Å². The Bertz CT molecular complexity index is 1150. The number of aromatic nitrogens is 1. The molecule has 0 aliphatic carbocycles. The van der Waals surface area contributed by atoms with E-state index < -0.39 is 12.8 Å². The standard InChI is InChI=1S/C25H24F3N3O4/c1-34-22-14-17(5-7-21(22)35-16-25(26,27)28)6-8-23(32)30-15-18-3-2-4-20(13-18)31-24(33)19-9-11-29-12-10-19/h2-5,7,9-14H,6,8,15-16H2,1H3,(H,30,32)(H,31,33). The maximum Gasteiger partial charge on any atom is 0.422 e. The van der Waals surface area contributed by atoms with Crippen molar-refractivity contribution in [1.29, 1.82) is 0 Å². The van der Waals surface area contributed by atoms with Crippen LogP contribution in [0.25, 0.3) is 0 Å². The minimum Gasteiger partial charge on any atom is -0.493 e. The zero-order valence-corrected chi connectivity index (χ0v) is 18.9. The molecule has 35 heavy (non-hydrogen) atoms. The highest BCUT2D eigenvalue weighted by Crippen LogP contribution is 2.30. The van der Waals surface area contributed by atoms with Gasteiger partial charge in [-0.1, -0.05) is 18.2 Å². The molecule has 0 spiro atoms. The zero-order chi connectivity index (χ0) is 25.3. The summed E-state index contributed by atoms with van der Waals surface area (Å²) in [6.07, 6.45) is -0.847. The first kappa shape index (κ1) is 25.5. The lowest BCUT2D eigenvalue weighted by molar-refractivity contribution is -0.153. The molecule has 0 bridgehead atoms. The van der Waals surface area contributed by atoms with Gasteiger partial charge in [-0.3, -0.25) is 14.6 Å². The number of benzene rings is 2. The number of hydrogen-bond donors (Lipinski definition) is 2. The van der Waals surface area contributed by atoms with Crippen molar-refractivity contribution in [3.8, 4) is 11.5 Å². The fourth-order valence-corrected chi connectivity index (χ4v) is 3.16. The summed E-state index contributed by atoms with van der Waals surface area (Å²) in [6, 6.07) is 14.9. The van der Waals surface area contributed by atoms with Gasteiger partial charge in [0.25, 0.3) is 5.91 Å². The van der Waals surface area contributed by atoms with Crippen molar-refractivity contribution in [3.05, 3.63) is 83.7 Å². The van der Waals surface area contributed by atoms with Gasteiger partial charge in [0.2, 0.25) is 5.91 Å². The molecule has 0 radical (unpaired) electrons. The van der Waals surface area contributed by atoms with Gasteiger partial charge in [0.1, 0.15) is 0 Å². The van der Waals surface area contributed by atoms with E-state index in [2.05, 4.69) is 15.6 Å². The van der Waals surface area contributed by atoms with E-state index in [0.29, 0.717) is 17.7 Å². The number of aryl methyl sites for hydroxylation is 1. The van der Waals surface area contributed by atoms with Gasteiger partial charge in [-0.15, -0.1) is 0 Å². The molecule has 2 N–H and O–H groups in total. The number of amides is 2. The normalized spacial score (nSPS) is 11.0. The van der Waals surface area contributed by atoms with Gasteiger partial charge in [0, 0.05) is 36.6 Å². The number of halogens is 3. The number of methoxy groups -OCH3 is 1. The van der Waals surface area contributed by atoms with E-state index >= 15 is 0 Å². The van der Waals surface area contributed by atoms with Crippen molar-refractivity contribution in [2.45, 2.75) is 25.6 Å². The Labute approximate surface area is 200 Å². The van der Waals surface area contributed by atoms with Gasteiger partial charge in [0.05, 0.1) is 7.11 Å². The van der Waals surface area contributed by atoms with Crippen LogP contribution in [0.2, 0.25) is 0 Å². The number of nitrogens with one attached hydrogen (secondary N) is 2. The molecule has 3 aromatic rings. The highest BCUT2D eigenvalue weighted by molar-refractivity contribution is 6.04. The number of nitrogens with zero attached hydrogens (tertiary/aromatic N) is 1. The Kier molecular flexibility index (Phi) is 8.66. The number of carbonyl (C=O) groups is 2. The van der Waals surface area contributed by atoms with Crippen LogP contribution in [-0.4, -0.2) is 36.7 Å². The van der Waals surface area contributed by atoms with E-state index in [1.807, 2.05) is 6.07 Å². The van der Waals surface area contributed by atoms with Crippen LogP contribution >= 0.6 is 0 Å². The molecule has 2 amide bonds. The number of pyridine rings is 1. The quantitative estimate of drug-likeness (QED) is 0.439. The molecule has 3 rings (SSSR count). The lowest BCUT2D eigenvalue weighted by atomic mass is 10.1. The maximum absolute atomic E-state index is 12.4. The van der Waals surface area contributed by atoms with Gasteiger partial charge < -0.3 is 20.1 Å². The summed E-state index contributed by atoms with van der Waals surface area (Å²) in [5.74, 6) is -0.321. The Morgan fingerprint density at radius 3 is 2.46 bits per heavy atom. The lowest BCUT2D eigenvalue weighted by Gasteiger charge is -2.13. The van der Waals surface area contributed by atoms with Crippen LogP contribution in [0.5, 0.6) is 11.5 Å². The van der Waals surface area contributed by atoms with E-state index in [-0.39, 0.29) is 36.3 Å². The second-order valence-electron chi connectivity index (χ2n) is 7.56. The molecule has 2 aromatic carbocycles. The molecule has 7 nitrogen and oxygen atoms in total. The molecule has 10 heteroatoms. The first-order valence-electron chi connectivity index (χ1n) is 10.7. The van der Waals surface area contributed by atoms with E-state index in [1.165, 1.54) is 25.6 Å². The summed E-state index contributed by atoms with van der Waals surface area (Å²) >= 11 is 0. The van der Waals surface area contributed by atoms with Gasteiger partial charge in [-0.05, 0) is 53.9 Å². The largest absolute Gasteiger partial charge is 0.493 e. The second-order valence-corrected chi connectivity index (χ2v) is 7.56. The molecule has 1 aromatic heterocycles. The Hall–Kier alpha value is -4.08. The third kappa shape index (κ3) is 8.33. The van der Waals surface area contributed by atoms with E-state index in [4.69, 9.17) is 9.47 Å². The highest BCUT2D eigenvalue weighted by atomic mass is 19.4. The minimum absolute atomic E-state index is 0.0195. The molecule has 0 fully saturated rings. The minimum atomic E-state index is -4.45. The SMILES string of the molecule is COc1cc(CCC(=O)NCc2cccc(NC(=O)c3ccncc3)c2)ccc1OCC(F)(F)F. The summed E-state index contributed by atoms with van der Waals surface area (Å²) in [5, 5.41) is 5.62. The average molecular weight is 487 g/mol. The fourth-order valence-electron chi connectivity index (χ4n) is 3.16. The zero-order valence-electron chi connectivity index (χ0n) is 18.9. The third-order valence-corrected chi connectivity index (χ3v) is 4.88. The molecule has 0 aliphatic heterocycles. The Morgan fingerprint density at radius 2 is 1.74 bits per heavy atom. The second kappa shape index (κ2) is 11.9. The van der Waals surface area contributed by atoms with Crippen LogP contribution in [0.15, 0.2) is 67.0 Å². The Balaban J connectivity index is 1.49. The summed E-state index contributed by atoms with van der Waals surface area (Å²) in [5.41, 5.74) is 2.60. The topological polar surface area (TPSA) is 89.6 Å². The third-order valence-electron chi connectivity index (χ3n) is 4.88. The summed E-state index contributed by atoms with van der Waals surface area (Å²) in [4.78, 5) is 28.5. The van der Waals surface area contributed by atoms with Crippen LogP contribution in [0.4, 0.5) is 18.9 Å². The van der Waals surface area contributed by atoms with Crippen molar-refractivity contribution < 1.29 is 32.2 Å². The van der Waals surface area contributed by atoms with Crippen molar-refractivity contribution in [2.24, 2.45) is 0 Å². The smallest absolute Gasteiger partial charge is 0.422 e. The lowest BCUT2D eigenvalue weighted by Crippen LogP contribution is -2.23. The van der Waals surface area contributed by atoms with Crippen molar-refractivity contribution in [1.82, 2.24) is 10.3 Å². The van der Waals surface area contributed by atoms with Gasteiger partial charge >= 0.3 is 6.18 Å². The number of anilines is 1. The summed E-state index contributed by atoms with van der Waals surface area (Å²) < 4.78 is 47.0. The number of carbonyl (C=O) groups excluding carboxylic acids is 2. The van der Waals surface area contributed by atoms with Gasteiger partial charge in [-0.2, -0.15) is 13.2 Å². The van der Waals surface area contributed by atoms with Crippen molar-refractivity contribution in [2.75, 3.05) is 19.0 Å². The molecule has 0 aliphatic rings. The van der Waals surface area contributed by atoms with E-state index in [1.54, 1.807) is 42.5 Å². The number of ether oxygens (including phenoxy) is 2. The first-order valence-corrected chi connectivity index (χ1v) is 10.7. The maximum atomic E-state index is 12.4. The first-order chi connectivity index (χ1) is 16.7. The summed E-state index contributed by atoms with van der Waals surface area (Å²) in [6.45, 7) is -1.15. The van der Waals surface area contributed by atoms with Crippen LogP contribution in [0.1, 0.15) is 27.9 Å². The summed E-state index contributed by atoms with van der Waals surface area (Å²) in [7, 11) is 1.33. The molecule has 0 unspecified atom stereocenters. The molecule has 0 saturated carbocycles. The van der Waals surface area contributed by atoms with Crippen LogP contribution < -0.4 is 20.1 Å². The number of alkyl halides is 3. The van der Waals surface area contributed by atoms with Crippen LogP contribution in [0.3, 0.4) is 0 Å². The van der Waals surface area contributed by atoms with E-state index in [9.17, 15) is 22.8 Å². The number of hydrogen-bond acceptors (Lipinski definition) is 5.